The lowest BCUT2D eigenvalue weighted by Gasteiger charge is -2.17. The lowest BCUT2D eigenvalue weighted by atomic mass is 10.1. The van der Waals surface area contributed by atoms with E-state index in [2.05, 4.69) is 10.4 Å². The standard InChI is InChI=1S/C16H14F3N5O/c1-23-9-12(8-21-23)24-5-4-14(15(24)25)22-11-3-2-10(7-20)13(6-11)16(17,18)19/h2-3,6,8-9,14,22H,4-5H2,1H3. The van der Waals surface area contributed by atoms with E-state index in [1.807, 2.05) is 0 Å². The Balaban J connectivity index is 1.79. The number of aromatic nitrogens is 2. The lowest BCUT2D eigenvalue weighted by molar-refractivity contribution is -0.137. The first-order chi connectivity index (χ1) is 11.8. The Hall–Kier alpha value is -3.02. The van der Waals surface area contributed by atoms with Crippen molar-refractivity contribution in [1.29, 1.82) is 5.26 Å². The number of hydrogen-bond acceptors (Lipinski definition) is 4. The summed E-state index contributed by atoms with van der Waals surface area (Å²) in [5.74, 6) is -0.231. The third kappa shape index (κ3) is 3.28. The maximum atomic E-state index is 13.0. The molecule has 0 spiro atoms. The molecule has 3 rings (SSSR count). The Labute approximate surface area is 141 Å². The third-order valence-corrected chi connectivity index (χ3v) is 3.99. The van der Waals surface area contributed by atoms with Crippen LogP contribution in [0.25, 0.3) is 0 Å². The van der Waals surface area contributed by atoms with E-state index < -0.39 is 23.3 Å². The average molecular weight is 349 g/mol. The molecule has 0 bridgehead atoms. The first kappa shape index (κ1) is 16.8. The quantitative estimate of drug-likeness (QED) is 0.924. The zero-order valence-corrected chi connectivity index (χ0v) is 13.2. The molecule has 2 heterocycles. The molecule has 130 valence electrons. The van der Waals surface area contributed by atoms with E-state index in [-0.39, 0.29) is 11.6 Å². The molecule has 0 saturated carbocycles. The summed E-state index contributed by atoms with van der Waals surface area (Å²) in [5.41, 5.74) is -0.673. The van der Waals surface area contributed by atoms with Gasteiger partial charge < -0.3 is 10.2 Å². The number of amides is 1. The second-order valence-electron chi connectivity index (χ2n) is 5.72. The molecule has 1 aliphatic heterocycles. The fourth-order valence-electron chi connectivity index (χ4n) is 2.79. The minimum absolute atomic E-state index is 0.151. The van der Waals surface area contributed by atoms with Crippen LogP contribution in [0.3, 0.4) is 0 Å². The molecule has 1 aliphatic rings. The predicted molar refractivity (Wildman–Crippen MR) is 83.7 cm³/mol. The summed E-state index contributed by atoms with van der Waals surface area (Å²) in [7, 11) is 1.73. The SMILES string of the molecule is Cn1cc(N2CCC(Nc3ccc(C#N)c(C(F)(F)F)c3)C2=O)cn1. The van der Waals surface area contributed by atoms with Gasteiger partial charge in [-0.15, -0.1) is 0 Å². The number of hydrogen-bond donors (Lipinski definition) is 1. The molecule has 6 nitrogen and oxygen atoms in total. The van der Waals surface area contributed by atoms with Crippen molar-refractivity contribution in [1.82, 2.24) is 9.78 Å². The van der Waals surface area contributed by atoms with Crippen molar-refractivity contribution >= 4 is 17.3 Å². The smallest absolute Gasteiger partial charge is 0.374 e. The van der Waals surface area contributed by atoms with Gasteiger partial charge in [0, 0.05) is 25.5 Å². The minimum Gasteiger partial charge on any atom is -0.374 e. The Morgan fingerprint density at radius 2 is 2.16 bits per heavy atom. The zero-order valence-electron chi connectivity index (χ0n) is 13.2. The summed E-state index contributed by atoms with van der Waals surface area (Å²) in [6.07, 6.45) is -0.924. The van der Waals surface area contributed by atoms with Crippen molar-refractivity contribution < 1.29 is 18.0 Å². The lowest BCUT2D eigenvalue weighted by Crippen LogP contribution is -2.33. The highest BCUT2D eigenvalue weighted by Gasteiger charge is 2.36. The van der Waals surface area contributed by atoms with Gasteiger partial charge in [-0.05, 0) is 24.6 Å². The first-order valence-electron chi connectivity index (χ1n) is 7.47. The van der Waals surface area contributed by atoms with Gasteiger partial charge in [-0.3, -0.25) is 9.48 Å². The molecule has 1 aromatic carbocycles. The summed E-state index contributed by atoms with van der Waals surface area (Å²) < 4.78 is 40.7. The number of aryl methyl sites for hydroxylation is 1. The number of carbonyl (C=O) groups is 1. The number of benzene rings is 1. The molecular weight excluding hydrogens is 335 g/mol. The van der Waals surface area contributed by atoms with Crippen molar-refractivity contribution in [2.24, 2.45) is 7.05 Å². The highest BCUT2D eigenvalue weighted by molar-refractivity contribution is 6.00. The van der Waals surface area contributed by atoms with Gasteiger partial charge in [-0.25, -0.2) is 0 Å². The Kier molecular flexibility index (Phi) is 4.12. The summed E-state index contributed by atoms with van der Waals surface area (Å²) >= 11 is 0. The molecule has 1 saturated heterocycles. The monoisotopic (exact) mass is 349 g/mol. The topological polar surface area (TPSA) is 73.9 Å². The molecule has 1 unspecified atom stereocenters. The van der Waals surface area contributed by atoms with Crippen molar-refractivity contribution in [3.05, 3.63) is 41.7 Å². The van der Waals surface area contributed by atoms with Crippen molar-refractivity contribution in [3.63, 3.8) is 0 Å². The fraction of sp³-hybridized carbons (Fsp3) is 0.312. The number of rotatable bonds is 3. The number of nitriles is 1. The molecule has 1 aromatic heterocycles. The summed E-state index contributed by atoms with van der Waals surface area (Å²) in [6.45, 7) is 0.449. The number of nitrogens with zero attached hydrogens (tertiary/aromatic N) is 4. The van der Waals surface area contributed by atoms with E-state index in [1.165, 1.54) is 12.1 Å². The van der Waals surface area contributed by atoms with Crippen LogP contribution in [0.5, 0.6) is 0 Å². The van der Waals surface area contributed by atoms with Crippen molar-refractivity contribution in [2.45, 2.75) is 18.6 Å². The number of carbonyl (C=O) groups excluding carboxylic acids is 1. The molecule has 0 aliphatic carbocycles. The van der Waals surface area contributed by atoms with Gasteiger partial charge in [0.25, 0.3) is 0 Å². The van der Waals surface area contributed by atoms with Crippen LogP contribution in [0.1, 0.15) is 17.5 Å². The third-order valence-electron chi connectivity index (χ3n) is 3.99. The Morgan fingerprint density at radius 3 is 2.76 bits per heavy atom. The van der Waals surface area contributed by atoms with Gasteiger partial charge in [0.15, 0.2) is 0 Å². The van der Waals surface area contributed by atoms with Crippen LogP contribution in [-0.4, -0.2) is 28.3 Å². The number of anilines is 2. The van der Waals surface area contributed by atoms with Crippen LogP contribution < -0.4 is 10.2 Å². The van der Waals surface area contributed by atoms with Crippen molar-refractivity contribution in [3.8, 4) is 6.07 Å². The molecule has 1 N–H and O–H groups in total. The van der Waals surface area contributed by atoms with Gasteiger partial charge in [0.1, 0.15) is 6.04 Å². The molecule has 1 atom stereocenters. The van der Waals surface area contributed by atoms with Gasteiger partial charge in [0.05, 0.1) is 29.1 Å². The van der Waals surface area contributed by atoms with E-state index in [0.717, 1.165) is 12.1 Å². The molecule has 1 amide bonds. The maximum absolute atomic E-state index is 13.0. The van der Waals surface area contributed by atoms with E-state index in [4.69, 9.17) is 5.26 Å². The summed E-state index contributed by atoms with van der Waals surface area (Å²) in [6, 6.07) is 4.23. The van der Waals surface area contributed by atoms with Crippen LogP contribution in [0, 0.1) is 11.3 Å². The molecule has 25 heavy (non-hydrogen) atoms. The molecular formula is C16H14F3N5O. The van der Waals surface area contributed by atoms with Crippen LogP contribution in [0.15, 0.2) is 30.6 Å². The van der Waals surface area contributed by atoms with Crippen LogP contribution in [0.4, 0.5) is 24.5 Å². The normalized spacial score (nSPS) is 17.6. The molecule has 2 aromatic rings. The Morgan fingerprint density at radius 1 is 1.40 bits per heavy atom. The second-order valence-corrected chi connectivity index (χ2v) is 5.72. The average Bonchev–Trinajstić information content (AvgIpc) is 3.13. The fourth-order valence-corrected chi connectivity index (χ4v) is 2.79. The largest absolute Gasteiger partial charge is 0.417 e. The number of halogens is 3. The maximum Gasteiger partial charge on any atom is 0.417 e. The first-order valence-corrected chi connectivity index (χ1v) is 7.47. The zero-order chi connectivity index (χ0) is 18.2. The van der Waals surface area contributed by atoms with Crippen LogP contribution >= 0.6 is 0 Å². The van der Waals surface area contributed by atoms with Gasteiger partial charge in [-0.2, -0.15) is 23.5 Å². The van der Waals surface area contributed by atoms with E-state index in [1.54, 1.807) is 29.0 Å². The van der Waals surface area contributed by atoms with Gasteiger partial charge in [0.2, 0.25) is 5.91 Å². The highest BCUT2D eigenvalue weighted by atomic mass is 19.4. The number of nitrogens with one attached hydrogen (secondary N) is 1. The van der Waals surface area contributed by atoms with E-state index >= 15 is 0 Å². The van der Waals surface area contributed by atoms with Gasteiger partial charge in [-0.1, -0.05) is 0 Å². The Bertz CT molecular complexity index is 852. The molecule has 9 heteroatoms. The summed E-state index contributed by atoms with van der Waals surface area (Å²) in [4.78, 5) is 14.0. The van der Waals surface area contributed by atoms with Crippen LogP contribution in [0.2, 0.25) is 0 Å². The predicted octanol–water partition coefficient (Wildman–Crippen LogP) is 2.53. The molecule has 0 radical (unpaired) electrons. The minimum atomic E-state index is -4.63. The van der Waals surface area contributed by atoms with E-state index in [9.17, 15) is 18.0 Å². The van der Waals surface area contributed by atoms with Crippen LogP contribution in [-0.2, 0) is 18.0 Å². The molecule has 1 fully saturated rings. The second kappa shape index (κ2) is 6.12. The van der Waals surface area contributed by atoms with Gasteiger partial charge >= 0.3 is 6.18 Å². The number of alkyl halides is 3. The summed E-state index contributed by atoms with van der Waals surface area (Å²) in [5, 5.41) is 15.7. The highest BCUT2D eigenvalue weighted by Crippen LogP contribution is 2.34. The van der Waals surface area contributed by atoms with Crippen molar-refractivity contribution in [2.75, 3.05) is 16.8 Å². The van der Waals surface area contributed by atoms with E-state index in [0.29, 0.717) is 18.7 Å².